The van der Waals surface area contributed by atoms with Crippen molar-refractivity contribution in [3.63, 3.8) is 0 Å². The Morgan fingerprint density at radius 2 is 2.12 bits per heavy atom. The maximum absolute atomic E-state index is 13.0. The van der Waals surface area contributed by atoms with Gasteiger partial charge in [-0.15, -0.1) is 0 Å². The second kappa shape index (κ2) is 9.33. The Labute approximate surface area is 188 Å². The van der Waals surface area contributed by atoms with E-state index < -0.39 is 30.6 Å². The lowest BCUT2D eigenvalue weighted by atomic mass is 10.1. The zero-order valence-electron chi connectivity index (χ0n) is 17.7. The summed E-state index contributed by atoms with van der Waals surface area (Å²) in [4.78, 5) is 35.1. The molecule has 1 aliphatic rings. The van der Waals surface area contributed by atoms with Gasteiger partial charge in [-0.1, -0.05) is 11.6 Å². The van der Waals surface area contributed by atoms with E-state index in [9.17, 15) is 23.5 Å². The third kappa shape index (κ3) is 5.31. The molecule has 0 radical (unpaired) electrons. The van der Waals surface area contributed by atoms with Crippen molar-refractivity contribution in [1.29, 1.82) is 0 Å². The number of aliphatic hydroxyl groups excluding tert-OH is 1. The molecule has 3 heterocycles. The summed E-state index contributed by atoms with van der Waals surface area (Å²) in [6.45, 7) is 3.36. The molecular weight excluding hydrogens is 446 g/mol. The van der Waals surface area contributed by atoms with Gasteiger partial charge in [-0.2, -0.15) is 0 Å². The van der Waals surface area contributed by atoms with Crippen LogP contribution in [0.3, 0.4) is 0 Å². The summed E-state index contributed by atoms with van der Waals surface area (Å²) in [5.74, 6) is -3.93. The van der Waals surface area contributed by atoms with Crippen LogP contribution in [0.4, 0.5) is 8.78 Å². The Morgan fingerprint density at radius 3 is 2.75 bits per heavy atom. The number of nitrogens with one attached hydrogen (secondary N) is 1. The summed E-state index contributed by atoms with van der Waals surface area (Å²) < 4.78 is 31.0. The van der Waals surface area contributed by atoms with Crippen molar-refractivity contribution >= 4 is 23.4 Å². The first kappa shape index (κ1) is 23.8. The number of aliphatic hydroxyl groups is 1. The van der Waals surface area contributed by atoms with E-state index in [2.05, 4.69) is 15.3 Å². The number of carbonyl (C=O) groups is 2. The largest absolute Gasteiger partial charge is 0.470 e. The fraction of sp³-hybridized carbons (Fsp3) is 0.429. The summed E-state index contributed by atoms with van der Waals surface area (Å²) in [6, 6.07) is 2.57. The lowest BCUT2D eigenvalue weighted by Crippen LogP contribution is -2.32. The number of ether oxygens (including phenoxy) is 1. The van der Waals surface area contributed by atoms with Crippen LogP contribution in [-0.2, 0) is 6.54 Å². The van der Waals surface area contributed by atoms with Crippen LogP contribution in [-0.4, -0.2) is 57.0 Å². The molecule has 0 saturated carbocycles. The average Bonchev–Trinajstić information content (AvgIpc) is 3.06. The van der Waals surface area contributed by atoms with Gasteiger partial charge in [0.1, 0.15) is 10.7 Å². The average molecular weight is 469 g/mol. The third-order valence-electron chi connectivity index (χ3n) is 4.89. The number of amides is 2. The predicted octanol–water partition coefficient (Wildman–Crippen LogP) is 2.99. The maximum Gasteiger partial charge on any atom is 0.278 e. The number of nitrogens with zero attached hydrogens (tertiary/aromatic N) is 3. The normalized spacial score (nSPS) is 15.3. The van der Waals surface area contributed by atoms with Gasteiger partial charge in [0.05, 0.1) is 12.1 Å². The lowest BCUT2D eigenvalue weighted by molar-refractivity contribution is -0.0242. The first-order valence-corrected chi connectivity index (χ1v) is 10.3. The molecule has 11 heteroatoms. The van der Waals surface area contributed by atoms with Crippen molar-refractivity contribution in [1.82, 2.24) is 20.2 Å². The molecule has 0 aromatic carbocycles. The van der Waals surface area contributed by atoms with Crippen LogP contribution < -0.4 is 10.1 Å². The van der Waals surface area contributed by atoms with Gasteiger partial charge in [-0.25, -0.2) is 13.8 Å². The summed E-state index contributed by atoms with van der Waals surface area (Å²) in [6.07, 6.45) is 2.07. The van der Waals surface area contributed by atoms with Crippen LogP contribution in [0, 0.1) is 0 Å². The third-order valence-corrected chi connectivity index (χ3v) is 5.16. The second-order valence-corrected chi connectivity index (χ2v) is 8.18. The van der Waals surface area contributed by atoms with Gasteiger partial charge in [0.2, 0.25) is 5.88 Å². The van der Waals surface area contributed by atoms with E-state index in [0.717, 1.165) is 6.92 Å². The molecule has 2 amide bonds. The van der Waals surface area contributed by atoms with E-state index in [1.807, 2.05) is 0 Å². The Morgan fingerprint density at radius 1 is 1.41 bits per heavy atom. The molecule has 32 heavy (non-hydrogen) atoms. The molecule has 2 aromatic heterocycles. The van der Waals surface area contributed by atoms with E-state index in [0.29, 0.717) is 16.7 Å². The highest BCUT2D eigenvalue weighted by Crippen LogP contribution is 2.34. The molecule has 1 aliphatic heterocycles. The van der Waals surface area contributed by atoms with Gasteiger partial charge in [0.25, 0.3) is 17.7 Å². The van der Waals surface area contributed by atoms with Crippen molar-refractivity contribution in [2.24, 2.45) is 0 Å². The van der Waals surface area contributed by atoms with E-state index in [1.54, 1.807) is 19.9 Å². The number of hydrogen-bond acceptors (Lipinski definition) is 6. The van der Waals surface area contributed by atoms with E-state index in [-0.39, 0.29) is 35.6 Å². The highest BCUT2D eigenvalue weighted by Gasteiger charge is 2.35. The number of hydrogen-bond donors (Lipinski definition) is 2. The Kier molecular flexibility index (Phi) is 6.94. The number of pyridine rings is 2. The predicted molar refractivity (Wildman–Crippen MR) is 112 cm³/mol. The van der Waals surface area contributed by atoms with Gasteiger partial charge in [0, 0.05) is 43.5 Å². The minimum Gasteiger partial charge on any atom is -0.470 e. The molecule has 0 saturated heterocycles. The van der Waals surface area contributed by atoms with Crippen molar-refractivity contribution in [3.05, 3.63) is 51.9 Å². The minimum absolute atomic E-state index is 0.0441. The van der Waals surface area contributed by atoms with Gasteiger partial charge in [-0.05, 0) is 31.5 Å². The van der Waals surface area contributed by atoms with E-state index in [4.69, 9.17) is 16.3 Å². The Hall–Kier alpha value is -2.85. The summed E-state index contributed by atoms with van der Waals surface area (Å²) in [5, 5.41) is 12.0. The van der Waals surface area contributed by atoms with Crippen LogP contribution in [0.1, 0.15) is 58.8 Å². The lowest BCUT2D eigenvalue weighted by Gasteiger charge is -2.25. The topological polar surface area (TPSA) is 105 Å². The minimum atomic E-state index is -3.03. The zero-order chi connectivity index (χ0) is 23.6. The van der Waals surface area contributed by atoms with E-state index in [1.165, 1.54) is 23.4 Å². The Bertz CT molecular complexity index is 1030. The van der Waals surface area contributed by atoms with Crippen LogP contribution in [0.5, 0.6) is 5.88 Å². The highest BCUT2D eigenvalue weighted by atomic mass is 35.5. The first-order chi connectivity index (χ1) is 15.0. The number of carbonyl (C=O) groups excluding carboxylic acids is 2. The molecule has 0 fully saturated rings. The highest BCUT2D eigenvalue weighted by molar-refractivity contribution is 6.31. The molecule has 172 valence electrons. The molecular formula is C21H23ClF2N4O4. The second-order valence-electron chi connectivity index (χ2n) is 7.77. The fourth-order valence-electron chi connectivity index (χ4n) is 3.23. The van der Waals surface area contributed by atoms with Gasteiger partial charge >= 0.3 is 0 Å². The van der Waals surface area contributed by atoms with Crippen LogP contribution in [0.15, 0.2) is 24.5 Å². The van der Waals surface area contributed by atoms with Gasteiger partial charge in [0.15, 0.2) is 6.61 Å². The SMILES string of the molecule is CC(c1cnc(OCC(C)(F)F)c(Cl)c1)N1Cc2c(ccnc2C(=O)NC[C@@H](C)O)C1=O. The van der Waals surface area contributed by atoms with E-state index >= 15 is 0 Å². The van der Waals surface area contributed by atoms with Gasteiger partial charge in [-0.3, -0.25) is 14.6 Å². The smallest absolute Gasteiger partial charge is 0.278 e. The first-order valence-electron chi connectivity index (χ1n) is 9.89. The van der Waals surface area contributed by atoms with Crippen LogP contribution >= 0.6 is 11.6 Å². The summed E-state index contributed by atoms with van der Waals surface area (Å²) in [5.41, 5.74) is 1.53. The van der Waals surface area contributed by atoms with Crippen molar-refractivity contribution in [2.75, 3.05) is 13.2 Å². The molecule has 2 atom stereocenters. The molecule has 3 rings (SSSR count). The van der Waals surface area contributed by atoms with Crippen molar-refractivity contribution in [3.8, 4) is 5.88 Å². The molecule has 0 aliphatic carbocycles. The quantitative estimate of drug-likeness (QED) is 0.617. The Balaban J connectivity index is 1.79. The standard InChI is InChI=1S/C21H23ClF2N4O4/c1-11(29)7-26-18(30)17-15-9-28(20(31)14(15)4-5-25-17)12(2)13-6-16(22)19(27-8-13)32-10-21(3,23)24/h4-6,8,11-12,29H,7,9-10H2,1-3H3,(H,26,30)/t11-,12?/m1/s1. The van der Waals surface area contributed by atoms with Crippen LogP contribution in [0.2, 0.25) is 5.02 Å². The monoisotopic (exact) mass is 468 g/mol. The molecule has 0 spiro atoms. The van der Waals surface area contributed by atoms with Crippen molar-refractivity contribution in [2.45, 2.75) is 45.4 Å². The number of rotatable bonds is 8. The fourth-order valence-corrected chi connectivity index (χ4v) is 3.46. The summed E-state index contributed by atoms with van der Waals surface area (Å²) >= 11 is 6.14. The number of fused-ring (bicyclic) bond motifs is 1. The van der Waals surface area contributed by atoms with Crippen molar-refractivity contribution < 1.29 is 28.2 Å². The number of alkyl halides is 2. The molecule has 8 nitrogen and oxygen atoms in total. The number of aromatic nitrogens is 2. The number of halogens is 3. The van der Waals surface area contributed by atoms with Gasteiger partial charge < -0.3 is 20.1 Å². The maximum atomic E-state index is 13.0. The molecule has 1 unspecified atom stereocenters. The molecule has 2 N–H and O–H groups in total. The molecule has 0 bridgehead atoms. The summed E-state index contributed by atoms with van der Waals surface area (Å²) in [7, 11) is 0. The van der Waals surface area contributed by atoms with Crippen LogP contribution in [0.25, 0.3) is 0 Å². The molecule has 2 aromatic rings. The zero-order valence-corrected chi connectivity index (χ0v) is 18.5.